The van der Waals surface area contributed by atoms with Gasteiger partial charge in [-0.2, -0.15) is 0 Å². The Morgan fingerprint density at radius 1 is 0.773 bits per heavy atom. The van der Waals surface area contributed by atoms with E-state index in [0.717, 1.165) is 25.7 Å². The van der Waals surface area contributed by atoms with Crippen LogP contribution in [0.5, 0.6) is 0 Å². The lowest BCUT2D eigenvalue weighted by atomic mass is 10.1. The molecule has 22 heavy (non-hydrogen) atoms. The maximum absolute atomic E-state index is 12.2. The summed E-state index contributed by atoms with van der Waals surface area (Å²) >= 11 is 11.2. The molecule has 0 radical (unpaired) electrons. The molecule has 0 fully saturated rings. The minimum Gasteiger partial charge on any atom is -0.352 e. The standard InChI is InChI=1S/C16H22Cl2N2O2/c17-9-3-5-11-19-15(21)13-7-1-2-8-14(13)16(22)20-12-6-4-10-18/h1-2,7-8H,3-6,9-12H2,(H,19,21)(H,20,22). The number of carbonyl (C=O) groups excluding carboxylic acids is 2. The number of amides is 2. The zero-order valence-corrected chi connectivity index (χ0v) is 14.1. The van der Waals surface area contributed by atoms with Crippen LogP contribution in [0.3, 0.4) is 0 Å². The van der Waals surface area contributed by atoms with Crippen LogP contribution in [0, 0.1) is 0 Å². The predicted molar refractivity (Wildman–Crippen MR) is 91.0 cm³/mol. The Labute approximate surface area is 141 Å². The number of benzene rings is 1. The molecule has 4 nitrogen and oxygen atoms in total. The van der Waals surface area contributed by atoms with Crippen molar-refractivity contribution in [3.63, 3.8) is 0 Å². The number of halogens is 2. The number of nitrogens with one attached hydrogen (secondary N) is 2. The van der Waals surface area contributed by atoms with Crippen LogP contribution < -0.4 is 10.6 Å². The van der Waals surface area contributed by atoms with Crippen molar-refractivity contribution in [3.8, 4) is 0 Å². The Hall–Kier alpha value is -1.26. The Morgan fingerprint density at radius 3 is 1.55 bits per heavy atom. The van der Waals surface area contributed by atoms with Gasteiger partial charge in [-0.05, 0) is 37.8 Å². The van der Waals surface area contributed by atoms with E-state index in [0.29, 0.717) is 36.0 Å². The molecule has 0 aromatic heterocycles. The van der Waals surface area contributed by atoms with Gasteiger partial charge in [0, 0.05) is 24.8 Å². The van der Waals surface area contributed by atoms with Crippen LogP contribution in [-0.2, 0) is 0 Å². The number of alkyl halides is 2. The molecule has 0 bridgehead atoms. The Kier molecular flexibility index (Phi) is 9.67. The average molecular weight is 345 g/mol. The second-order valence-corrected chi connectivity index (χ2v) is 5.61. The third kappa shape index (κ3) is 6.67. The first-order valence-corrected chi connectivity index (χ1v) is 8.55. The second-order valence-electron chi connectivity index (χ2n) is 4.85. The molecule has 6 heteroatoms. The van der Waals surface area contributed by atoms with Crippen LogP contribution in [0.2, 0.25) is 0 Å². The van der Waals surface area contributed by atoms with Gasteiger partial charge in [-0.3, -0.25) is 9.59 Å². The molecule has 0 atom stereocenters. The molecule has 0 heterocycles. The predicted octanol–water partition coefficient (Wildman–Crippen LogP) is 3.18. The van der Waals surface area contributed by atoms with Gasteiger partial charge in [0.2, 0.25) is 0 Å². The van der Waals surface area contributed by atoms with Crippen molar-refractivity contribution < 1.29 is 9.59 Å². The SMILES string of the molecule is O=C(NCCCCCl)c1ccccc1C(=O)NCCCCCl. The molecule has 0 spiro atoms. The Bertz CT molecular complexity index is 438. The molecule has 0 aliphatic rings. The van der Waals surface area contributed by atoms with Crippen molar-refractivity contribution in [2.75, 3.05) is 24.8 Å². The minimum atomic E-state index is -0.235. The van der Waals surface area contributed by atoms with Crippen molar-refractivity contribution in [2.24, 2.45) is 0 Å². The number of rotatable bonds is 10. The van der Waals surface area contributed by atoms with Crippen LogP contribution >= 0.6 is 23.2 Å². The fourth-order valence-electron chi connectivity index (χ4n) is 1.91. The number of hydrogen-bond donors (Lipinski definition) is 2. The van der Waals surface area contributed by atoms with Gasteiger partial charge in [0.1, 0.15) is 0 Å². The number of carbonyl (C=O) groups is 2. The zero-order valence-electron chi connectivity index (χ0n) is 12.5. The largest absolute Gasteiger partial charge is 0.352 e. The molecular weight excluding hydrogens is 323 g/mol. The quantitative estimate of drug-likeness (QED) is 0.505. The molecule has 1 aromatic carbocycles. The third-order valence-corrected chi connectivity index (χ3v) is 3.64. The maximum atomic E-state index is 12.2. The van der Waals surface area contributed by atoms with Gasteiger partial charge in [-0.15, -0.1) is 23.2 Å². The highest BCUT2D eigenvalue weighted by molar-refractivity contribution is 6.18. The Morgan fingerprint density at radius 2 is 1.18 bits per heavy atom. The van der Waals surface area contributed by atoms with Gasteiger partial charge in [-0.25, -0.2) is 0 Å². The maximum Gasteiger partial charge on any atom is 0.252 e. The van der Waals surface area contributed by atoms with Crippen LogP contribution in [0.15, 0.2) is 24.3 Å². The summed E-state index contributed by atoms with van der Waals surface area (Å²) in [5.41, 5.74) is 0.784. The topological polar surface area (TPSA) is 58.2 Å². The van der Waals surface area contributed by atoms with Crippen molar-refractivity contribution in [1.29, 1.82) is 0 Å². The molecule has 2 amide bonds. The van der Waals surface area contributed by atoms with Crippen LogP contribution in [0.25, 0.3) is 0 Å². The lowest BCUT2D eigenvalue weighted by molar-refractivity contribution is 0.0919. The molecule has 0 aliphatic heterocycles. The highest BCUT2D eigenvalue weighted by atomic mass is 35.5. The average Bonchev–Trinajstić information content (AvgIpc) is 2.55. The van der Waals surface area contributed by atoms with E-state index in [-0.39, 0.29) is 11.8 Å². The summed E-state index contributed by atoms with van der Waals surface area (Å²) in [5, 5.41) is 5.62. The van der Waals surface area contributed by atoms with E-state index in [4.69, 9.17) is 23.2 Å². The zero-order chi connectivity index (χ0) is 16.2. The molecule has 0 saturated carbocycles. The van der Waals surface area contributed by atoms with Crippen molar-refractivity contribution in [1.82, 2.24) is 10.6 Å². The summed E-state index contributed by atoms with van der Waals surface area (Å²) in [6.45, 7) is 1.11. The summed E-state index contributed by atoms with van der Waals surface area (Å²) in [4.78, 5) is 24.3. The van der Waals surface area contributed by atoms with Crippen LogP contribution in [0.4, 0.5) is 0 Å². The van der Waals surface area contributed by atoms with E-state index in [2.05, 4.69) is 10.6 Å². The van der Waals surface area contributed by atoms with Gasteiger partial charge < -0.3 is 10.6 Å². The minimum absolute atomic E-state index is 0.235. The monoisotopic (exact) mass is 344 g/mol. The highest BCUT2D eigenvalue weighted by Gasteiger charge is 2.15. The second kappa shape index (κ2) is 11.3. The fourth-order valence-corrected chi connectivity index (χ4v) is 2.29. The van der Waals surface area contributed by atoms with Gasteiger partial charge in [0.25, 0.3) is 11.8 Å². The summed E-state index contributed by atoms with van der Waals surface area (Å²) in [5.74, 6) is 0.691. The van der Waals surface area contributed by atoms with E-state index in [9.17, 15) is 9.59 Å². The molecule has 1 aromatic rings. The van der Waals surface area contributed by atoms with E-state index in [1.807, 2.05) is 0 Å². The van der Waals surface area contributed by atoms with Crippen molar-refractivity contribution >= 4 is 35.0 Å². The van der Waals surface area contributed by atoms with Crippen molar-refractivity contribution in [2.45, 2.75) is 25.7 Å². The third-order valence-electron chi connectivity index (χ3n) is 3.11. The van der Waals surface area contributed by atoms with Crippen LogP contribution in [0.1, 0.15) is 46.4 Å². The first-order valence-electron chi connectivity index (χ1n) is 7.48. The van der Waals surface area contributed by atoms with Gasteiger partial charge >= 0.3 is 0 Å². The molecule has 0 aliphatic carbocycles. The normalized spacial score (nSPS) is 10.3. The first kappa shape index (κ1) is 18.8. The smallest absolute Gasteiger partial charge is 0.252 e. The first-order chi connectivity index (χ1) is 10.7. The summed E-state index contributed by atoms with van der Waals surface area (Å²) < 4.78 is 0. The lowest BCUT2D eigenvalue weighted by Crippen LogP contribution is -2.30. The molecule has 0 unspecified atom stereocenters. The summed E-state index contributed by atoms with van der Waals surface area (Å²) in [6, 6.07) is 6.81. The molecule has 2 N–H and O–H groups in total. The lowest BCUT2D eigenvalue weighted by Gasteiger charge is -2.10. The van der Waals surface area contributed by atoms with Gasteiger partial charge in [0.15, 0.2) is 0 Å². The molecular formula is C16H22Cl2N2O2. The van der Waals surface area contributed by atoms with E-state index < -0.39 is 0 Å². The number of unbranched alkanes of at least 4 members (excludes halogenated alkanes) is 2. The van der Waals surface area contributed by atoms with Gasteiger partial charge in [0.05, 0.1) is 11.1 Å². The number of hydrogen-bond acceptors (Lipinski definition) is 2. The van der Waals surface area contributed by atoms with Gasteiger partial charge in [-0.1, -0.05) is 12.1 Å². The summed E-state index contributed by atoms with van der Waals surface area (Å²) in [7, 11) is 0. The molecule has 1 rings (SSSR count). The fraction of sp³-hybridized carbons (Fsp3) is 0.500. The highest BCUT2D eigenvalue weighted by Crippen LogP contribution is 2.09. The van der Waals surface area contributed by atoms with E-state index in [1.54, 1.807) is 24.3 Å². The molecule has 122 valence electrons. The van der Waals surface area contributed by atoms with E-state index in [1.165, 1.54) is 0 Å². The summed E-state index contributed by atoms with van der Waals surface area (Å²) in [6.07, 6.45) is 3.35. The van der Waals surface area contributed by atoms with Crippen LogP contribution in [-0.4, -0.2) is 36.7 Å². The Balaban J connectivity index is 2.60. The van der Waals surface area contributed by atoms with Crippen molar-refractivity contribution in [3.05, 3.63) is 35.4 Å². The van der Waals surface area contributed by atoms with E-state index >= 15 is 0 Å². The molecule has 0 saturated heterocycles.